The van der Waals surface area contributed by atoms with Crippen LogP contribution in [0.5, 0.6) is 11.5 Å². The molecule has 4 aromatic rings. The number of rotatable bonds is 8. The molecule has 0 bridgehead atoms. The first-order valence-electron chi connectivity index (χ1n) is 12.9. The average Bonchev–Trinajstić information content (AvgIpc) is 3.31. The molecule has 0 atom stereocenters. The molecule has 2 heterocycles. The summed E-state index contributed by atoms with van der Waals surface area (Å²) in [6, 6.07) is 22.3. The Morgan fingerprint density at radius 2 is 1.57 bits per heavy atom. The van der Waals surface area contributed by atoms with Crippen LogP contribution in [0.4, 0.5) is 5.82 Å². The van der Waals surface area contributed by atoms with Crippen LogP contribution in [0.2, 0.25) is 0 Å². The van der Waals surface area contributed by atoms with Gasteiger partial charge in [0.05, 0.1) is 6.54 Å². The van der Waals surface area contributed by atoms with E-state index in [1.165, 1.54) is 11.5 Å². The van der Waals surface area contributed by atoms with Gasteiger partial charge in [-0.05, 0) is 62.1 Å². The van der Waals surface area contributed by atoms with Crippen molar-refractivity contribution in [2.75, 3.05) is 12.0 Å². The number of aryl methyl sites for hydroxylation is 3. The van der Waals surface area contributed by atoms with Gasteiger partial charge in [0.2, 0.25) is 0 Å². The number of carbonyl (C=O) groups is 2. The van der Waals surface area contributed by atoms with Crippen LogP contribution in [-0.4, -0.2) is 28.0 Å². The van der Waals surface area contributed by atoms with E-state index in [1.807, 2.05) is 81.4 Å². The van der Waals surface area contributed by atoms with Gasteiger partial charge in [-0.15, -0.1) is 0 Å². The van der Waals surface area contributed by atoms with Crippen LogP contribution in [-0.2, 0) is 11.3 Å². The van der Waals surface area contributed by atoms with E-state index in [9.17, 15) is 14.4 Å². The lowest BCUT2D eigenvalue weighted by Crippen LogP contribution is -2.30. The number of aromatic nitrogens is 2. The van der Waals surface area contributed by atoms with E-state index in [-0.39, 0.29) is 36.1 Å². The van der Waals surface area contributed by atoms with Crippen molar-refractivity contribution in [2.24, 2.45) is 0 Å². The Bertz CT molecular complexity index is 1680. The first-order valence-corrected chi connectivity index (χ1v) is 12.9. The highest BCUT2D eigenvalue weighted by Gasteiger charge is 2.34. The molecule has 1 aromatic heterocycles. The van der Waals surface area contributed by atoms with Crippen molar-refractivity contribution in [2.45, 2.75) is 34.2 Å². The molecule has 0 spiro atoms. The highest BCUT2D eigenvalue weighted by atomic mass is 16.5. The zero-order valence-electron chi connectivity index (χ0n) is 22.8. The minimum absolute atomic E-state index is 0.0435. The number of nitrogens with one attached hydrogen (secondary N) is 1. The van der Waals surface area contributed by atoms with E-state index in [0.717, 1.165) is 22.3 Å². The first kappa shape index (κ1) is 26.6. The van der Waals surface area contributed by atoms with Crippen LogP contribution < -0.4 is 20.3 Å². The SMILES string of the molecule is CC(=O)c1c(NCOc2ccccc2)nc2n(c1=O)CC(c1ccccc1)=C2C(=O)Oc1c(C)cc(C)cc1C. The number of Topliss-reactive ketones (excluding diaryl/α,β-unsaturated/α-hetero) is 1. The highest BCUT2D eigenvalue weighted by molar-refractivity contribution is 6.25. The molecule has 40 heavy (non-hydrogen) atoms. The van der Waals surface area contributed by atoms with Crippen molar-refractivity contribution in [3.8, 4) is 11.5 Å². The molecule has 0 radical (unpaired) electrons. The molecule has 8 nitrogen and oxygen atoms in total. The van der Waals surface area contributed by atoms with Crippen LogP contribution in [0.15, 0.2) is 77.6 Å². The van der Waals surface area contributed by atoms with Gasteiger partial charge in [0.25, 0.3) is 5.56 Å². The number of nitrogens with zero attached hydrogens (tertiary/aromatic N) is 2. The Hall–Kier alpha value is -4.98. The lowest BCUT2D eigenvalue weighted by molar-refractivity contribution is -0.128. The van der Waals surface area contributed by atoms with Gasteiger partial charge in [0.15, 0.2) is 18.3 Å². The van der Waals surface area contributed by atoms with Gasteiger partial charge in [-0.2, -0.15) is 0 Å². The zero-order chi connectivity index (χ0) is 28.4. The maximum atomic E-state index is 13.8. The molecule has 5 rings (SSSR count). The number of benzene rings is 3. The summed E-state index contributed by atoms with van der Waals surface area (Å²) in [6.45, 7) is 7.09. The molecule has 0 saturated heterocycles. The van der Waals surface area contributed by atoms with Gasteiger partial charge in [-0.25, -0.2) is 9.78 Å². The Labute approximate surface area is 231 Å². The third-order valence-corrected chi connectivity index (χ3v) is 6.71. The summed E-state index contributed by atoms with van der Waals surface area (Å²) >= 11 is 0. The Kier molecular flexibility index (Phi) is 7.33. The van der Waals surface area contributed by atoms with Crippen molar-refractivity contribution in [1.29, 1.82) is 0 Å². The molecule has 202 valence electrons. The predicted octanol–water partition coefficient (Wildman–Crippen LogP) is 5.35. The van der Waals surface area contributed by atoms with Gasteiger partial charge in [0, 0.05) is 0 Å². The number of fused-ring (bicyclic) bond motifs is 1. The number of hydrogen-bond donors (Lipinski definition) is 1. The summed E-state index contributed by atoms with van der Waals surface area (Å²) in [7, 11) is 0. The Morgan fingerprint density at radius 3 is 2.20 bits per heavy atom. The molecule has 0 unspecified atom stereocenters. The quantitative estimate of drug-likeness (QED) is 0.141. The van der Waals surface area contributed by atoms with Gasteiger partial charge in [-0.3, -0.25) is 14.2 Å². The molecule has 0 amide bonds. The topological polar surface area (TPSA) is 99.5 Å². The summed E-state index contributed by atoms with van der Waals surface area (Å²) in [5.41, 5.74) is 3.57. The number of hydrogen-bond acceptors (Lipinski definition) is 7. The number of para-hydroxylation sites is 1. The van der Waals surface area contributed by atoms with E-state index >= 15 is 0 Å². The van der Waals surface area contributed by atoms with E-state index in [4.69, 9.17) is 9.47 Å². The van der Waals surface area contributed by atoms with Crippen LogP contribution in [0.25, 0.3) is 11.1 Å². The lowest BCUT2D eigenvalue weighted by Gasteiger charge is -2.15. The maximum Gasteiger partial charge on any atom is 0.347 e. The Balaban J connectivity index is 1.59. The second kappa shape index (κ2) is 11.0. The molecule has 1 aliphatic rings. The normalized spacial score (nSPS) is 12.2. The highest BCUT2D eigenvalue weighted by Crippen LogP contribution is 2.35. The third kappa shape index (κ3) is 5.16. The zero-order valence-corrected chi connectivity index (χ0v) is 22.8. The van der Waals surface area contributed by atoms with Crippen molar-refractivity contribution in [3.63, 3.8) is 0 Å². The number of ether oxygens (including phenoxy) is 2. The molecular weight excluding hydrogens is 506 g/mol. The van der Waals surface area contributed by atoms with E-state index < -0.39 is 17.3 Å². The standard InChI is InChI=1S/C32H29N3O5/c1-19-15-20(2)28(21(3)16-19)40-32(38)27-25(23-11-7-5-8-12-23)17-35-30(27)34-29(26(22(4)36)31(35)37)33-18-39-24-13-9-6-10-14-24/h5-16,33H,17-18H2,1-4H3. The van der Waals surface area contributed by atoms with Crippen LogP contribution in [0.3, 0.4) is 0 Å². The third-order valence-electron chi connectivity index (χ3n) is 6.71. The smallest absolute Gasteiger partial charge is 0.347 e. The summed E-state index contributed by atoms with van der Waals surface area (Å²) in [5, 5.41) is 2.96. The molecule has 3 aromatic carbocycles. The van der Waals surface area contributed by atoms with Gasteiger partial charge in [0.1, 0.15) is 28.5 Å². The first-order chi connectivity index (χ1) is 19.2. The molecule has 0 saturated carbocycles. The fourth-order valence-corrected chi connectivity index (χ4v) is 4.97. The van der Waals surface area contributed by atoms with Gasteiger partial charge >= 0.3 is 5.97 Å². The van der Waals surface area contributed by atoms with Gasteiger partial charge in [-0.1, -0.05) is 66.2 Å². The van der Waals surface area contributed by atoms with Crippen molar-refractivity contribution < 1.29 is 19.1 Å². The van der Waals surface area contributed by atoms with Crippen molar-refractivity contribution in [3.05, 3.63) is 117 Å². The number of anilines is 1. The second-order valence-electron chi connectivity index (χ2n) is 9.72. The average molecular weight is 536 g/mol. The number of esters is 1. The summed E-state index contributed by atoms with van der Waals surface area (Å²) in [6.07, 6.45) is 0. The molecule has 1 N–H and O–H groups in total. The van der Waals surface area contributed by atoms with Crippen molar-refractivity contribution in [1.82, 2.24) is 9.55 Å². The molecule has 1 aliphatic heterocycles. The maximum absolute atomic E-state index is 13.8. The second-order valence-corrected chi connectivity index (χ2v) is 9.72. The molecule has 0 fully saturated rings. The largest absolute Gasteiger partial charge is 0.473 e. The van der Waals surface area contributed by atoms with Gasteiger partial charge < -0.3 is 14.8 Å². The molecule has 8 heteroatoms. The monoisotopic (exact) mass is 535 g/mol. The predicted molar refractivity (Wildman–Crippen MR) is 154 cm³/mol. The minimum Gasteiger partial charge on any atom is -0.473 e. The van der Waals surface area contributed by atoms with E-state index in [2.05, 4.69) is 10.3 Å². The number of carbonyl (C=O) groups excluding carboxylic acids is 2. The minimum atomic E-state index is -0.630. The Morgan fingerprint density at radius 1 is 0.950 bits per heavy atom. The molecule has 0 aliphatic carbocycles. The summed E-state index contributed by atoms with van der Waals surface area (Å²) in [4.78, 5) is 44.7. The lowest BCUT2D eigenvalue weighted by atomic mass is 10.0. The van der Waals surface area contributed by atoms with Crippen LogP contribution >= 0.6 is 0 Å². The van der Waals surface area contributed by atoms with E-state index in [1.54, 1.807) is 12.1 Å². The van der Waals surface area contributed by atoms with Crippen LogP contribution in [0, 0.1) is 20.8 Å². The van der Waals surface area contributed by atoms with E-state index in [0.29, 0.717) is 17.1 Å². The van der Waals surface area contributed by atoms with Crippen LogP contribution in [0.1, 0.15) is 45.4 Å². The summed E-state index contributed by atoms with van der Waals surface area (Å²) < 4.78 is 13.0. The number of ketones is 1. The fraction of sp³-hybridized carbons (Fsp3) is 0.188. The number of allylic oxidation sites excluding steroid dienone is 1. The molecular formula is C32H29N3O5. The summed E-state index contributed by atoms with van der Waals surface area (Å²) in [5.74, 6) is 0.167. The fourth-order valence-electron chi connectivity index (χ4n) is 4.97. The van der Waals surface area contributed by atoms with Crippen molar-refractivity contribution >= 4 is 28.7 Å².